The van der Waals surface area contributed by atoms with Gasteiger partial charge >= 0.3 is 0 Å². The van der Waals surface area contributed by atoms with Crippen LogP contribution in [0.15, 0.2) is 18.2 Å². The molecule has 0 aliphatic rings. The molecule has 0 bridgehead atoms. The van der Waals surface area contributed by atoms with Crippen LogP contribution in [0, 0.1) is 10.1 Å². The molecule has 0 fully saturated rings. The third-order valence-electron chi connectivity index (χ3n) is 2.62. The number of rotatable bonds is 9. The Labute approximate surface area is 116 Å². The first kappa shape index (κ1) is 15.4. The van der Waals surface area contributed by atoms with Crippen molar-refractivity contribution >= 4 is 23.6 Å². The Kier molecular flexibility index (Phi) is 6.89. The first-order valence-electron chi connectivity index (χ1n) is 6.11. The molecule has 1 aromatic rings. The Morgan fingerprint density at radius 3 is 2.63 bits per heavy atom. The molecular formula is C13H16ClNO4. The number of hydrogen-bond acceptors (Lipinski definition) is 4. The van der Waals surface area contributed by atoms with E-state index in [0.29, 0.717) is 24.5 Å². The smallest absolute Gasteiger partial charge is 0.280 e. The maximum Gasteiger partial charge on any atom is 0.280 e. The number of nitrogens with zero attached hydrogens (tertiary/aromatic N) is 1. The lowest BCUT2D eigenvalue weighted by atomic mass is 10.2. The van der Waals surface area contributed by atoms with Crippen LogP contribution in [-0.4, -0.2) is 23.7 Å². The zero-order valence-corrected chi connectivity index (χ0v) is 11.3. The fourth-order valence-corrected chi connectivity index (χ4v) is 1.81. The number of carbonyl (C=O) groups excluding carboxylic acids is 1. The lowest BCUT2D eigenvalue weighted by molar-refractivity contribution is -0.385. The molecule has 0 unspecified atom stereocenters. The van der Waals surface area contributed by atoms with Crippen LogP contribution < -0.4 is 4.74 Å². The quantitative estimate of drug-likeness (QED) is 0.229. The second kappa shape index (κ2) is 8.48. The summed E-state index contributed by atoms with van der Waals surface area (Å²) in [5, 5.41) is 10.6. The average Bonchev–Trinajstić information content (AvgIpc) is 2.42. The van der Waals surface area contributed by atoms with Gasteiger partial charge in [-0.05, 0) is 25.0 Å². The number of alkyl halides is 1. The SMILES string of the molecule is O=Cc1cc(OCCCCCCCl)ccc1[N+](=O)[O-]. The van der Waals surface area contributed by atoms with Gasteiger partial charge in [0.15, 0.2) is 6.29 Å². The highest BCUT2D eigenvalue weighted by Crippen LogP contribution is 2.22. The summed E-state index contributed by atoms with van der Waals surface area (Å²) in [4.78, 5) is 20.8. The largest absolute Gasteiger partial charge is 0.494 e. The van der Waals surface area contributed by atoms with Crippen molar-refractivity contribution in [1.82, 2.24) is 0 Å². The number of hydrogen-bond donors (Lipinski definition) is 0. The number of nitro groups is 1. The minimum Gasteiger partial charge on any atom is -0.494 e. The standard InChI is InChI=1S/C13H16ClNO4/c14-7-3-1-2-4-8-19-12-5-6-13(15(17)18)11(9-12)10-16/h5-6,9-10H,1-4,7-8H2. The number of unbranched alkanes of at least 4 members (excludes halogenated alkanes) is 3. The molecule has 0 aliphatic carbocycles. The number of halogens is 1. The van der Waals surface area contributed by atoms with Crippen molar-refractivity contribution in [2.75, 3.05) is 12.5 Å². The molecule has 0 heterocycles. The number of ether oxygens (including phenoxy) is 1. The van der Waals surface area contributed by atoms with E-state index in [1.165, 1.54) is 18.2 Å². The predicted molar refractivity (Wildman–Crippen MR) is 73.2 cm³/mol. The van der Waals surface area contributed by atoms with Crippen LogP contribution in [0.5, 0.6) is 5.75 Å². The van der Waals surface area contributed by atoms with Crippen LogP contribution in [0.3, 0.4) is 0 Å². The number of carbonyl (C=O) groups is 1. The van der Waals surface area contributed by atoms with Crippen molar-refractivity contribution < 1.29 is 14.5 Å². The van der Waals surface area contributed by atoms with Crippen molar-refractivity contribution in [1.29, 1.82) is 0 Å². The summed E-state index contributed by atoms with van der Waals surface area (Å²) in [7, 11) is 0. The normalized spacial score (nSPS) is 10.2. The summed E-state index contributed by atoms with van der Waals surface area (Å²) in [5.41, 5.74) is -0.172. The first-order valence-corrected chi connectivity index (χ1v) is 6.65. The van der Waals surface area contributed by atoms with Gasteiger partial charge in [0.05, 0.1) is 17.1 Å². The molecule has 1 aromatic carbocycles. The van der Waals surface area contributed by atoms with Crippen molar-refractivity contribution in [3.05, 3.63) is 33.9 Å². The van der Waals surface area contributed by atoms with E-state index in [4.69, 9.17) is 16.3 Å². The summed E-state index contributed by atoms with van der Waals surface area (Å²) < 4.78 is 5.45. The van der Waals surface area contributed by atoms with E-state index in [1.807, 2.05) is 0 Å². The lowest BCUT2D eigenvalue weighted by Crippen LogP contribution is -2.00. The summed E-state index contributed by atoms with van der Waals surface area (Å²) in [5.74, 6) is 1.15. The molecule has 0 aliphatic heterocycles. The molecule has 0 radical (unpaired) electrons. The van der Waals surface area contributed by atoms with Gasteiger partial charge in [-0.25, -0.2) is 0 Å². The van der Waals surface area contributed by atoms with Gasteiger partial charge in [-0.1, -0.05) is 12.8 Å². The third-order valence-corrected chi connectivity index (χ3v) is 2.89. The number of nitro benzene ring substituents is 1. The van der Waals surface area contributed by atoms with Crippen LogP contribution in [-0.2, 0) is 0 Å². The van der Waals surface area contributed by atoms with E-state index in [1.54, 1.807) is 0 Å². The summed E-state index contributed by atoms with van der Waals surface area (Å²) >= 11 is 5.56. The number of aldehydes is 1. The van der Waals surface area contributed by atoms with E-state index in [2.05, 4.69) is 0 Å². The highest BCUT2D eigenvalue weighted by Gasteiger charge is 2.13. The fourth-order valence-electron chi connectivity index (χ4n) is 1.62. The predicted octanol–water partition coefficient (Wildman–Crippen LogP) is 3.59. The lowest BCUT2D eigenvalue weighted by Gasteiger charge is -2.06. The molecule has 19 heavy (non-hydrogen) atoms. The zero-order chi connectivity index (χ0) is 14.1. The molecule has 0 aromatic heterocycles. The van der Waals surface area contributed by atoms with E-state index in [0.717, 1.165) is 25.7 Å². The molecule has 0 saturated carbocycles. The van der Waals surface area contributed by atoms with Gasteiger partial charge in [0.25, 0.3) is 5.69 Å². The average molecular weight is 286 g/mol. The van der Waals surface area contributed by atoms with Crippen molar-refractivity contribution in [3.63, 3.8) is 0 Å². The Morgan fingerprint density at radius 1 is 1.26 bits per heavy atom. The Balaban J connectivity index is 2.47. The van der Waals surface area contributed by atoms with Crippen LogP contribution in [0.1, 0.15) is 36.0 Å². The zero-order valence-electron chi connectivity index (χ0n) is 10.5. The molecule has 0 spiro atoms. The van der Waals surface area contributed by atoms with Gasteiger partial charge in [0, 0.05) is 11.9 Å². The molecule has 1 rings (SSSR count). The molecule has 0 saturated heterocycles. The second-order valence-corrected chi connectivity index (χ2v) is 4.43. The van der Waals surface area contributed by atoms with E-state index in [9.17, 15) is 14.9 Å². The van der Waals surface area contributed by atoms with Crippen LogP contribution in [0.2, 0.25) is 0 Å². The van der Waals surface area contributed by atoms with Gasteiger partial charge in [0.2, 0.25) is 0 Å². The van der Waals surface area contributed by atoms with Gasteiger partial charge in [-0.3, -0.25) is 14.9 Å². The van der Waals surface area contributed by atoms with E-state index < -0.39 is 4.92 Å². The van der Waals surface area contributed by atoms with E-state index in [-0.39, 0.29) is 11.3 Å². The highest BCUT2D eigenvalue weighted by molar-refractivity contribution is 6.17. The second-order valence-electron chi connectivity index (χ2n) is 4.05. The molecule has 5 nitrogen and oxygen atoms in total. The molecule has 0 atom stereocenters. The maximum atomic E-state index is 10.8. The minimum absolute atomic E-state index is 0.0321. The van der Waals surface area contributed by atoms with Crippen molar-refractivity contribution in [2.24, 2.45) is 0 Å². The van der Waals surface area contributed by atoms with Crippen molar-refractivity contribution in [2.45, 2.75) is 25.7 Å². The number of benzene rings is 1. The molecule has 0 N–H and O–H groups in total. The molecule has 0 amide bonds. The Hall–Kier alpha value is -1.62. The Morgan fingerprint density at radius 2 is 2.00 bits per heavy atom. The van der Waals surface area contributed by atoms with Gasteiger partial charge in [-0.2, -0.15) is 0 Å². The third kappa shape index (κ3) is 5.26. The molecular weight excluding hydrogens is 270 g/mol. The van der Waals surface area contributed by atoms with Gasteiger partial charge in [-0.15, -0.1) is 11.6 Å². The minimum atomic E-state index is -0.584. The first-order chi connectivity index (χ1) is 9.19. The monoisotopic (exact) mass is 285 g/mol. The van der Waals surface area contributed by atoms with Crippen LogP contribution in [0.4, 0.5) is 5.69 Å². The van der Waals surface area contributed by atoms with Gasteiger partial charge in [0.1, 0.15) is 5.75 Å². The fraction of sp³-hybridized carbons (Fsp3) is 0.462. The van der Waals surface area contributed by atoms with Gasteiger partial charge < -0.3 is 4.74 Å². The topological polar surface area (TPSA) is 69.4 Å². The molecule has 104 valence electrons. The Bertz CT molecular complexity index is 437. The molecule has 6 heteroatoms. The van der Waals surface area contributed by atoms with Crippen LogP contribution >= 0.6 is 11.6 Å². The van der Waals surface area contributed by atoms with E-state index >= 15 is 0 Å². The summed E-state index contributed by atoms with van der Waals surface area (Å²) in [6, 6.07) is 4.18. The van der Waals surface area contributed by atoms with Crippen molar-refractivity contribution in [3.8, 4) is 5.75 Å². The summed E-state index contributed by atoms with van der Waals surface area (Å²) in [6.45, 7) is 0.526. The highest BCUT2D eigenvalue weighted by atomic mass is 35.5. The maximum absolute atomic E-state index is 10.8. The van der Waals surface area contributed by atoms with Crippen LogP contribution in [0.25, 0.3) is 0 Å². The summed E-state index contributed by atoms with van der Waals surface area (Å²) in [6.07, 6.45) is 4.44.